The molecule has 0 aliphatic heterocycles. The lowest BCUT2D eigenvalue weighted by atomic mass is 10.0. The lowest BCUT2D eigenvalue weighted by molar-refractivity contribution is 0.0914. The Morgan fingerprint density at radius 3 is 2.56 bits per heavy atom. The predicted molar refractivity (Wildman–Crippen MR) is 87.9 cm³/mol. The lowest BCUT2D eigenvalue weighted by Gasteiger charge is -2.18. The molecule has 0 aliphatic rings. The smallest absolute Gasteiger partial charge is 0.251 e. The Morgan fingerprint density at radius 1 is 1.24 bits per heavy atom. The van der Waals surface area contributed by atoms with E-state index in [0.29, 0.717) is 23.0 Å². The van der Waals surface area contributed by atoms with Gasteiger partial charge in [-0.2, -0.15) is 10.1 Å². The van der Waals surface area contributed by atoms with Gasteiger partial charge in [0, 0.05) is 18.8 Å². The Balaban J connectivity index is 1.80. The highest BCUT2D eigenvalue weighted by Gasteiger charge is 2.25. The zero-order valence-electron chi connectivity index (χ0n) is 14.1. The van der Waals surface area contributed by atoms with Crippen molar-refractivity contribution >= 4 is 5.91 Å². The number of aryl methyl sites for hydroxylation is 1. The predicted octanol–water partition coefficient (Wildman–Crippen LogP) is 2.74. The van der Waals surface area contributed by atoms with E-state index in [2.05, 4.69) is 20.6 Å². The van der Waals surface area contributed by atoms with Crippen molar-refractivity contribution in [2.75, 3.05) is 0 Å². The minimum atomic E-state index is -0.470. The molecule has 130 valence electrons. The molecule has 1 amide bonds. The molecule has 0 aliphatic carbocycles. The van der Waals surface area contributed by atoms with Crippen LogP contribution in [0.15, 0.2) is 41.1 Å². The van der Waals surface area contributed by atoms with Crippen molar-refractivity contribution in [1.82, 2.24) is 25.2 Å². The number of aromatic nitrogens is 4. The van der Waals surface area contributed by atoms with E-state index in [9.17, 15) is 9.18 Å². The Morgan fingerprint density at radius 2 is 1.96 bits per heavy atom. The molecule has 25 heavy (non-hydrogen) atoms. The summed E-state index contributed by atoms with van der Waals surface area (Å²) in [6.45, 7) is 3.86. The first-order valence-electron chi connectivity index (χ1n) is 7.84. The molecule has 0 spiro atoms. The Labute approximate surface area is 143 Å². The fraction of sp³-hybridized carbons (Fsp3) is 0.294. The van der Waals surface area contributed by atoms with Crippen molar-refractivity contribution < 1.29 is 13.7 Å². The molecule has 1 atom stereocenters. The van der Waals surface area contributed by atoms with E-state index in [1.807, 2.05) is 13.8 Å². The van der Waals surface area contributed by atoms with Gasteiger partial charge >= 0.3 is 0 Å². The van der Waals surface area contributed by atoms with Gasteiger partial charge in [-0.05, 0) is 36.2 Å². The molecule has 8 heteroatoms. The zero-order chi connectivity index (χ0) is 18.0. The van der Waals surface area contributed by atoms with Gasteiger partial charge in [0.15, 0.2) is 0 Å². The van der Waals surface area contributed by atoms with E-state index in [1.165, 1.54) is 24.3 Å². The molecule has 0 unspecified atom stereocenters. The van der Waals surface area contributed by atoms with Crippen LogP contribution in [-0.4, -0.2) is 25.8 Å². The van der Waals surface area contributed by atoms with Crippen LogP contribution < -0.4 is 5.32 Å². The van der Waals surface area contributed by atoms with E-state index in [4.69, 9.17) is 4.52 Å². The van der Waals surface area contributed by atoms with E-state index >= 15 is 0 Å². The van der Waals surface area contributed by atoms with Crippen molar-refractivity contribution in [1.29, 1.82) is 0 Å². The Kier molecular flexibility index (Phi) is 4.60. The minimum absolute atomic E-state index is 0.0152. The summed E-state index contributed by atoms with van der Waals surface area (Å²) < 4.78 is 20.0. The van der Waals surface area contributed by atoms with E-state index in [-0.39, 0.29) is 11.8 Å². The van der Waals surface area contributed by atoms with Crippen LogP contribution in [0, 0.1) is 11.7 Å². The van der Waals surface area contributed by atoms with Crippen molar-refractivity contribution in [3.63, 3.8) is 0 Å². The van der Waals surface area contributed by atoms with Gasteiger partial charge in [-0.25, -0.2) is 4.39 Å². The third-order valence-corrected chi connectivity index (χ3v) is 3.71. The third-order valence-electron chi connectivity index (χ3n) is 3.71. The van der Waals surface area contributed by atoms with Gasteiger partial charge in [0.05, 0.1) is 0 Å². The lowest BCUT2D eigenvalue weighted by Crippen LogP contribution is -2.32. The second-order valence-electron chi connectivity index (χ2n) is 6.03. The molecule has 2 heterocycles. The summed E-state index contributed by atoms with van der Waals surface area (Å²) in [5.74, 6) is -0.0602. The largest absolute Gasteiger partial charge is 0.340 e. The van der Waals surface area contributed by atoms with E-state index in [1.54, 1.807) is 24.0 Å². The molecule has 1 aromatic carbocycles. The average Bonchev–Trinajstić information content (AvgIpc) is 3.21. The fourth-order valence-electron chi connectivity index (χ4n) is 2.34. The number of hydrogen-bond acceptors (Lipinski definition) is 5. The average molecular weight is 343 g/mol. The number of nitrogens with zero attached hydrogens (tertiary/aromatic N) is 4. The Hall–Kier alpha value is -3.03. The second-order valence-corrected chi connectivity index (χ2v) is 6.03. The van der Waals surface area contributed by atoms with Crippen LogP contribution in [0.4, 0.5) is 4.39 Å². The third kappa shape index (κ3) is 3.73. The molecule has 1 N–H and O–H groups in total. The topological polar surface area (TPSA) is 85.8 Å². The molecule has 0 saturated carbocycles. The van der Waals surface area contributed by atoms with Crippen LogP contribution in [-0.2, 0) is 7.05 Å². The van der Waals surface area contributed by atoms with Crippen molar-refractivity contribution in [2.45, 2.75) is 19.9 Å². The number of carbonyl (C=O) groups is 1. The molecule has 0 saturated heterocycles. The molecule has 0 bridgehead atoms. The number of amides is 1. The minimum Gasteiger partial charge on any atom is -0.340 e. The van der Waals surface area contributed by atoms with Crippen molar-refractivity contribution in [3.05, 3.63) is 53.8 Å². The van der Waals surface area contributed by atoms with E-state index in [0.717, 1.165) is 0 Å². The van der Waals surface area contributed by atoms with Crippen LogP contribution in [0.2, 0.25) is 0 Å². The van der Waals surface area contributed by atoms with Gasteiger partial charge in [0.25, 0.3) is 5.91 Å². The quantitative estimate of drug-likeness (QED) is 0.770. The number of halogens is 1. The molecule has 7 nitrogen and oxygen atoms in total. The summed E-state index contributed by atoms with van der Waals surface area (Å²) in [6, 6.07) is 6.64. The molecule has 3 rings (SSSR count). The van der Waals surface area contributed by atoms with Crippen LogP contribution in [0.25, 0.3) is 11.5 Å². The van der Waals surface area contributed by atoms with Crippen molar-refractivity contribution in [2.24, 2.45) is 13.0 Å². The highest BCUT2D eigenvalue weighted by atomic mass is 19.1. The van der Waals surface area contributed by atoms with Gasteiger partial charge < -0.3 is 9.84 Å². The van der Waals surface area contributed by atoms with Crippen LogP contribution in [0.1, 0.15) is 36.1 Å². The fourth-order valence-corrected chi connectivity index (χ4v) is 2.34. The van der Waals surface area contributed by atoms with E-state index < -0.39 is 11.9 Å². The maximum absolute atomic E-state index is 13.0. The highest BCUT2D eigenvalue weighted by molar-refractivity contribution is 5.94. The maximum Gasteiger partial charge on any atom is 0.251 e. The summed E-state index contributed by atoms with van der Waals surface area (Å²) in [7, 11) is 1.80. The molecule has 0 radical (unpaired) electrons. The number of benzene rings is 1. The second kappa shape index (κ2) is 6.84. The number of hydrogen-bond donors (Lipinski definition) is 1. The standard InChI is InChI=1S/C17H18FN5O2/c1-10(2)14(19-16(24)11-4-6-12(18)7-5-11)17-20-15(22-25-17)13-8-9-23(3)21-13/h4-10,14H,1-3H3,(H,19,24)/t14-/m1/s1. The van der Waals surface area contributed by atoms with Crippen LogP contribution in [0.3, 0.4) is 0 Å². The summed E-state index contributed by atoms with van der Waals surface area (Å²) in [6.07, 6.45) is 1.78. The first kappa shape index (κ1) is 16.8. The Bertz CT molecular complexity index is 869. The monoisotopic (exact) mass is 343 g/mol. The maximum atomic E-state index is 13.0. The molecule has 3 aromatic rings. The molecule has 2 aromatic heterocycles. The van der Waals surface area contributed by atoms with Gasteiger partial charge in [0.1, 0.15) is 17.6 Å². The molecular formula is C17H18FN5O2. The van der Waals surface area contributed by atoms with Gasteiger partial charge in [-0.1, -0.05) is 19.0 Å². The van der Waals surface area contributed by atoms with Crippen molar-refractivity contribution in [3.8, 4) is 11.5 Å². The zero-order valence-corrected chi connectivity index (χ0v) is 14.1. The summed E-state index contributed by atoms with van der Waals surface area (Å²) >= 11 is 0. The highest BCUT2D eigenvalue weighted by Crippen LogP contribution is 2.23. The summed E-state index contributed by atoms with van der Waals surface area (Å²) in [4.78, 5) is 16.7. The first-order valence-corrected chi connectivity index (χ1v) is 7.84. The number of rotatable bonds is 5. The number of carbonyl (C=O) groups excluding carboxylic acids is 1. The van der Waals surface area contributed by atoms with Crippen LogP contribution in [0.5, 0.6) is 0 Å². The first-order chi connectivity index (χ1) is 11.9. The molecular weight excluding hydrogens is 325 g/mol. The normalized spacial score (nSPS) is 12.4. The number of nitrogens with one attached hydrogen (secondary N) is 1. The SMILES string of the molecule is CC(C)[C@@H](NC(=O)c1ccc(F)cc1)c1nc(-c2ccn(C)n2)no1. The molecule has 0 fully saturated rings. The summed E-state index contributed by atoms with van der Waals surface area (Å²) in [5, 5.41) is 11.0. The van der Waals surface area contributed by atoms with Gasteiger partial charge in [-0.3, -0.25) is 9.48 Å². The summed E-state index contributed by atoms with van der Waals surface area (Å²) in [5.41, 5.74) is 0.946. The van der Waals surface area contributed by atoms with Crippen LogP contribution >= 0.6 is 0 Å². The van der Waals surface area contributed by atoms with Gasteiger partial charge in [0.2, 0.25) is 11.7 Å². The van der Waals surface area contributed by atoms with Gasteiger partial charge in [-0.15, -0.1) is 0 Å².